The van der Waals surface area contributed by atoms with Crippen LogP contribution in [-0.2, 0) is 11.2 Å². The van der Waals surface area contributed by atoms with E-state index < -0.39 is 0 Å². The van der Waals surface area contributed by atoms with Gasteiger partial charge in [-0.25, -0.2) is 0 Å². The lowest BCUT2D eigenvalue weighted by atomic mass is 9.98. The van der Waals surface area contributed by atoms with Crippen LogP contribution in [0.25, 0.3) is 0 Å². The quantitative estimate of drug-likeness (QED) is 0.684. The van der Waals surface area contributed by atoms with E-state index in [0.29, 0.717) is 29.8 Å². The van der Waals surface area contributed by atoms with Gasteiger partial charge >= 0.3 is 0 Å². The van der Waals surface area contributed by atoms with E-state index in [0.717, 1.165) is 18.7 Å². The number of hydrogen-bond donors (Lipinski definition) is 0. The third kappa shape index (κ3) is 6.06. The Morgan fingerprint density at radius 1 is 0.958 bits per heavy atom. The van der Waals surface area contributed by atoms with Gasteiger partial charge in [0, 0.05) is 19.0 Å². The molecule has 0 aliphatic rings. The van der Waals surface area contributed by atoms with Crippen molar-refractivity contribution in [3.63, 3.8) is 0 Å². The fourth-order valence-electron chi connectivity index (χ4n) is 2.90. The molecule has 0 aliphatic heterocycles. The maximum atomic E-state index is 12.9. The van der Waals surface area contributed by atoms with Gasteiger partial charge in [-0.2, -0.15) is 0 Å². The van der Waals surface area contributed by atoms with Gasteiger partial charge in [0.1, 0.15) is 0 Å². The largest absolute Gasteiger partial charge is 0.493 e. The molecule has 4 nitrogen and oxygen atoms in total. The summed E-state index contributed by atoms with van der Waals surface area (Å²) in [6.45, 7) is 12.2. The van der Waals surface area contributed by atoms with Crippen molar-refractivity contribution < 1.29 is 14.3 Å². The van der Waals surface area contributed by atoms with Crippen molar-refractivity contribution in [3.8, 4) is 11.5 Å². The standard InChI is InChI=1S/C20H33NO3/c1-14(2)12-21(13-15(3)4)20(22)16(5)10-17-8-9-18(23-6)19(11-17)24-7/h8-9,11,14-16H,10,12-13H2,1-7H3. The molecule has 4 heteroatoms. The smallest absolute Gasteiger partial charge is 0.225 e. The van der Waals surface area contributed by atoms with Crippen molar-refractivity contribution >= 4 is 5.91 Å². The first kappa shape index (κ1) is 20.3. The number of methoxy groups -OCH3 is 2. The van der Waals surface area contributed by atoms with Gasteiger partial charge in [-0.15, -0.1) is 0 Å². The molecule has 24 heavy (non-hydrogen) atoms. The highest BCUT2D eigenvalue weighted by atomic mass is 16.5. The van der Waals surface area contributed by atoms with Gasteiger partial charge in [-0.1, -0.05) is 40.7 Å². The molecule has 0 fully saturated rings. The van der Waals surface area contributed by atoms with Crippen LogP contribution in [0, 0.1) is 17.8 Å². The molecule has 0 spiro atoms. The SMILES string of the molecule is COc1ccc(CC(C)C(=O)N(CC(C)C)CC(C)C)cc1OC. The van der Waals surface area contributed by atoms with E-state index in [9.17, 15) is 4.79 Å². The van der Waals surface area contributed by atoms with Gasteiger partial charge in [-0.3, -0.25) is 4.79 Å². The van der Waals surface area contributed by atoms with Crippen LogP contribution in [0.5, 0.6) is 11.5 Å². The molecule has 1 aromatic rings. The van der Waals surface area contributed by atoms with E-state index >= 15 is 0 Å². The Hall–Kier alpha value is -1.71. The zero-order valence-corrected chi connectivity index (χ0v) is 16.3. The average Bonchev–Trinajstić information content (AvgIpc) is 2.52. The minimum atomic E-state index is -0.0550. The minimum absolute atomic E-state index is 0.0550. The minimum Gasteiger partial charge on any atom is -0.493 e. The zero-order chi connectivity index (χ0) is 18.3. The van der Waals surface area contributed by atoms with Crippen LogP contribution in [0.3, 0.4) is 0 Å². The lowest BCUT2D eigenvalue weighted by Gasteiger charge is -2.29. The fourth-order valence-corrected chi connectivity index (χ4v) is 2.90. The molecular weight excluding hydrogens is 302 g/mol. The summed E-state index contributed by atoms with van der Waals surface area (Å²) in [7, 11) is 3.25. The van der Waals surface area contributed by atoms with Crippen molar-refractivity contribution in [2.75, 3.05) is 27.3 Å². The maximum Gasteiger partial charge on any atom is 0.225 e. The van der Waals surface area contributed by atoms with Gasteiger partial charge in [0.15, 0.2) is 11.5 Å². The highest BCUT2D eigenvalue weighted by Gasteiger charge is 2.22. The zero-order valence-electron chi connectivity index (χ0n) is 16.3. The Balaban J connectivity index is 2.83. The van der Waals surface area contributed by atoms with Crippen molar-refractivity contribution in [1.82, 2.24) is 4.90 Å². The van der Waals surface area contributed by atoms with Gasteiger partial charge in [-0.05, 0) is 36.0 Å². The average molecular weight is 335 g/mol. The molecule has 0 aromatic heterocycles. The molecule has 0 bridgehead atoms. The first-order valence-corrected chi connectivity index (χ1v) is 8.78. The van der Waals surface area contributed by atoms with Gasteiger partial charge in [0.05, 0.1) is 14.2 Å². The highest BCUT2D eigenvalue weighted by Crippen LogP contribution is 2.28. The number of amides is 1. The summed E-state index contributed by atoms with van der Waals surface area (Å²) in [6, 6.07) is 5.85. The summed E-state index contributed by atoms with van der Waals surface area (Å²) >= 11 is 0. The Bertz CT molecular complexity index is 516. The molecule has 1 unspecified atom stereocenters. The number of nitrogens with zero attached hydrogens (tertiary/aromatic N) is 1. The number of hydrogen-bond acceptors (Lipinski definition) is 3. The maximum absolute atomic E-state index is 12.9. The van der Waals surface area contributed by atoms with Gasteiger partial charge < -0.3 is 14.4 Å². The van der Waals surface area contributed by atoms with Gasteiger partial charge in [0.2, 0.25) is 5.91 Å². The lowest BCUT2D eigenvalue weighted by molar-refractivity contribution is -0.136. The first-order valence-electron chi connectivity index (χ1n) is 8.78. The number of benzene rings is 1. The summed E-state index contributed by atoms with van der Waals surface area (Å²) < 4.78 is 10.6. The normalized spacial score (nSPS) is 12.4. The fraction of sp³-hybridized carbons (Fsp3) is 0.650. The van der Waals surface area contributed by atoms with Gasteiger partial charge in [0.25, 0.3) is 0 Å². The number of carbonyl (C=O) groups excluding carboxylic acids is 1. The topological polar surface area (TPSA) is 38.8 Å². The summed E-state index contributed by atoms with van der Waals surface area (Å²) in [6.07, 6.45) is 0.700. The Kier molecular flexibility index (Phi) is 8.09. The summed E-state index contributed by atoms with van der Waals surface area (Å²) in [4.78, 5) is 14.9. The number of ether oxygens (including phenoxy) is 2. The summed E-state index contributed by atoms with van der Waals surface area (Å²) in [5.41, 5.74) is 1.09. The molecule has 1 amide bonds. The second-order valence-electron chi connectivity index (χ2n) is 7.33. The van der Waals surface area contributed by atoms with Crippen molar-refractivity contribution in [1.29, 1.82) is 0 Å². The molecule has 1 aromatic carbocycles. The van der Waals surface area contributed by atoms with E-state index in [1.54, 1.807) is 14.2 Å². The number of rotatable bonds is 9. The van der Waals surface area contributed by atoms with Crippen molar-refractivity contribution in [2.24, 2.45) is 17.8 Å². The third-order valence-corrected chi connectivity index (χ3v) is 3.89. The molecule has 1 rings (SSSR count). The van der Waals surface area contributed by atoms with Crippen LogP contribution in [-0.4, -0.2) is 38.1 Å². The van der Waals surface area contributed by atoms with Crippen molar-refractivity contribution in [3.05, 3.63) is 23.8 Å². The molecule has 0 N–H and O–H groups in total. The molecule has 1 atom stereocenters. The van der Waals surface area contributed by atoms with Crippen LogP contribution < -0.4 is 9.47 Å². The van der Waals surface area contributed by atoms with Crippen molar-refractivity contribution in [2.45, 2.75) is 41.0 Å². The summed E-state index contributed by atoms with van der Waals surface area (Å²) in [5.74, 6) is 2.53. The van der Waals surface area contributed by atoms with Crippen LogP contribution in [0.2, 0.25) is 0 Å². The van der Waals surface area contributed by atoms with E-state index in [1.807, 2.05) is 30.0 Å². The van der Waals surface area contributed by atoms with Crippen LogP contribution in [0.15, 0.2) is 18.2 Å². The molecule has 0 saturated carbocycles. The van der Waals surface area contributed by atoms with E-state index in [1.165, 1.54) is 0 Å². The first-order chi connectivity index (χ1) is 11.3. The van der Waals surface area contributed by atoms with E-state index in [4.69, 9.17) is 9.47 Å². The third-order valence-electron chi connectivity index (χ3n) is 3.89. The second kappa shape index (κ2) is 9.55. The van der Waals surface area contributed by atoms with Crippen LogP contribution >= 0.6 is 0 Å². The highest BCUT2D eigenvalue weighted by molar-refractivity contribution is 5.78. The van der Waals surface area contributed by atoms with E-state index in [-0.39, 0.29) is 11.8 Å². The van der Waals surface area contributed by atoms with E-state index in [2.05, 4.69) is 27.7 Å². The molecule has 0 saturated heterocycles. The molecule has 0 radical (unpaired) electrons. The molecule has 0 aliphatic carbocycles. The Labute approximate surface area is 147 Å². The second-order valence-corrected chi connectivity index (χ2v) is 7.33. The predicted molar refractivity (Wildman–Crippen MR) is 98.7 cm³/mol. The van der Waals surface area contributed by atoms with Crippen LogP contribution in [0.4, 0.5) is 0 Å². The lowest BCUT2D eigenvalue weighted by Crippen LogP contribution is -2.40. The Morgan fingerprint density at radius 2 is 1.50 bits per heavy atom. The monoisotopic (exact) mass is 335 g/mol. The molecular formula is C20H33NO3. The molecule has 0 heterocycles. The Morgan fingerprint density at radius 3 is 1.96 bits per heavy atom. The predicted octanol–water partition coefficient (Wildman–Crippen LogP) is 4.02. The van der Waals surface area contributed by atoms with Crippen LogP contribution in [0.1, 0.15) is 40.2 Å². The number of carbonyl (C=O) groups is 1. The molecule has 136 valence electrons. The summed E-state index contributed by atoms with van der Waals surface area (Å²) in [5, 5.41) is 0.